The molecule has 124 valence electrons. The number of hydrogen-bond acceptors (Lipinski definition) is 3. The molecule has 0 rings (SSSR count). The molecule has 0 aromatic rings. The predicted molar refractivity (Wildman–Crippen MR) is 96.4 cm³/mol. The molecule has 0 fully saturated rings. The first kappa shape index (κ1) is 20.8. The Kier molecular flexibility index (Phi) is 9.17. The molecular weight excluding hydrogens is 292 g/mol. The summed E-state index contributed by atoms with van der Waals surface area (Å²) in [5.41, 5.74) is 0. The van der Waals surface area contributed by atoms with Crippen LogP contribution in [0, 0.1) is 0 Å². The van der Waals surface area contributed by atoms with E-state index in [2.05, 4.69) is 33.9 Å². The van der Waals surface area contributed by atoms with Gasteiger partial charge in [0.1, 0.15) is 6.29 Å². The van der Waals surface area contributed by atoms with E-state index in [4.69, 9.17) is 4.43 Å². The molecule has 0 spiro atoms. The quantitative estimate of drug-likeness (QED) is 0.315. The van der Waals surface area contributed by atoms with E-state index in [0.29, 0.717) is 0 Å². The highest BCUT2D eigenvalue weighted by Crippen LogP contribution is 2.37. The summed E-state index contributed by atoms with van der Waals surface area (Å²) in [5, 5.41) is 10.0. The SMILES string of the molecule is C[C@@H](O)[C@H](/C=C/C=C/C=C/C=C/C=O)O[Si](C)(C)C(C)(C)C. The van der Waals surface area contributed by atoms with E-state index in [0.717, 1.165) is 6.29 Å². The molecule has 0 aliphatic carbocycles. The van der Waals surface area contributed by atoms with Crippen molar-refractivity contribution in [3.8, 4) is 0 Å². The van der Waals surface area contributed by atoms with Crippen molar-refractivity contribution in [1.82, 2.24) is 0 Å². The summed E-state index contributed by atoms with van der Waals surface area (Å²) in [7, 11) is -1.91. The summed E-state index contributed by atoms with van der Waals surface area (Å²) in [6, 6.07) is 0. The fraction of sp³-hybridized carbons (Fsp3) is 0.500. The standard InChI is InChI=1S/C18H30O3Si/c1-16(20)17(21-22(5,6)18(2,3)4)14-12-10-8-7-9-11-13-15-19/h7-17,20H,1-6H3/b9-7+,10-8+,13-11+,14-12+/t16-,17+/m1/s1. The Morgan fingerprint density at radius 3 is 1.82 bits per heavy atom. The van der Waals surface area contributed by atoms with Crippen molar-refractivity contribution >= 4 is 14.6 Å². The van der Waals surface area contributed by atoms with Gasteiger partial charge in [-0.15, -0.1) is 0 Å². The number of aldehydes is 1. The number of carbonyl (C=O) groups excluding carboxylic acids is 1. The van der Waals surface area contributed by atoms with Gasteiger partial charge in [-0.2, -0.15) is 0 Å². The van der Waals surface area contributed by atoms with Crippen LogP contribution in [0.25, 0.3) is 0 Å². The van der Waals surface area contributed by atoms with Crippen LogP contribution in [-0.2, 0) is 9.22 Å². The zero-order chi connectivity index (χ0) is 17.2. The maximum atomic E-state index is 10.1. The Morgan fingerprint density at radius 2 is 1.41 bits per heavy atom. The molecule has 2 atom stereocenters. The van der Waals surface area contributed by atoms with E-state index >= 15 is 0 Å². The lowest BCUT2D eigenvalue weighted by Crippen LogP contribution is -2.46. The van der Waals surface area contributed by atoms with Crippen molar-refractivity contribution in [2.75, 3.05) is 0 Å². The first-order chi connectivity index (χ1) is 10.1. The van der Waals surface area contributed by atoms with Gasteiger partial charge in [0.15, 0.2) is 8.32 Å². The van der Waals surface area contributed by atoms with Gasteiger partial charge in [0, 0.05) is 0 Å². The van der Waals surface area contributed by atoms with E-state index in [1.54, 1.807) is 19.1 Å². The van der Waals surface area contributed by atoms with Gasteiger partial charge >= 0.3 is 0 Å². The Hall–Kier alpha value is -1.23. The second-order valence-electron chi connectivity index (χ2n) is 6.76. The molecule has 22 heavy (non-hydrogen) atoms. The second-order valence-corrected chi connectivity index (χ2v) is 11.5. The summed E-state index contributed by atoms with van der Waals surface area (Å²) in [6.07, 6.45) is 14.1. The maximum absolute atomic E-state index is 10.1. The molecule has 0 aliphatic rings. The van der Waals surface area contributed by atoms with E-state index in [-0.39, 0.29) is 11.1 Å². The number of hydrogen-bond donors (Lipinski definition) is 1. The van der Waals surface area contributed by atoms with Gasteiger partial charge in [-0.25, -0.2) is 0 Å². The van der Waals surface area contributed by atoms with Gasteiger partial charge < -0.3 is 9.53 Å². The molecule has 0 unspecified atom stereocenters. The van der Waals surface area contributed by atoms with Gasteiger partial charge in [-0.3, -0.25) is 4.79 Å². The molecule has 0 heterocycles. The van der Waals surface area contributed by atoms with Crippen molar-refractivity contribution in [3.05, 3.63) is 48.6 Å². The van der Waals surface area contributed by atoms with Crippen LogP contribution >= 0.6 is 0 Å². The minimum Gasteiger partial charge on any atom is -0.408 e. The summed E-state index contributed by atoms with van der Waals surface area (Å²) >= 11 is 0. The molecule has 0 aromatic heterocycles. The van der Waals surface area contributed by atoms with Crippen LogP contribution in [0.4, 0.5) is 0 Å². The molecule has 0 aliphatic heterocycles. The van der Waals surface area contributed by atoms with E-state index in [1.807, 2.05) is 30.4 Å². The first-order valence-electron chi connectivity index (χ1n) is 7.59. The van der Waals surface area contributed by atoms with E-state index in [1.165, 1.54) is 6.08 Å². The monoisotopic (exact) mass is 322 g/mol. The topological polar surface area (TPSA) is 46.5 Å². The van der Waals surface area contributed by atoms with Crippen molar-refractivity contribution in [3.63, 3.8) is 0 Å². The van der Waals surface area contributed by atoms with Crippen molar-refractivity contribution in [2.24, 2.45) is 0 Å². The smallest absolute Gasteiger partial charge is 0.193 e. The Balaban J connectivity index is 4.69. The van der Waals surface area contributed by atoms with Gasteiger partial charge in [0.25, 0.3) is 0 Å². The lowest BCUT2D eigenvalue weighted by Gasteiger charge is -2.39. The van der Waals surface area contributed by atoms with E-state index < -0.39 is 14.4 Å². The third kappa shape index (κ3) is 8.27. The van der Waals surface area contributed by atoms with Gasteiger partial charge in [0.2, 0.25) is 0 Å². The van der Waals surface area contributed by atoms with Crippen LogP contribution in [0.2, 0.25) is 18.1 Å². The fourth-order valence-corrected chi connectivity index (χ4v) is 2.66. The number of carbonyl (C=O) groups is 1. The van der Waals surface area contributed by atoms with Crippen LogP contribution in [0.3, 0.4) is 0 Å². The molecule has 0 bridgehead atoms. The third-order valence-corrected chi connectivity index (χ3v) is 8.23. The van der Waals surface area contributed by atoms with Crippen LogP contribution in [-0.4, -0.2) is 31.9 Å². The first-order valence-corrected chi connectivity index (χ1v) is 10.5. The average molecular weight is 323 g/mol. The molecule has 1 N–H and O–H groups in total. The van der Waals surface area contributed by atoms with Gasteiger partial charge in [-0.05, 0) is 31.1 Å². The lowest BCUT2D eigenvalue weighted by atomic mass is 10.2. The molecule has 0 amide bonds. The normalized spacial score (nSPS) is 17.0. The minimum absolute atomic E-state index is 0.109. The van der Waals surface area contributed by atoms with Crippen LogP contribution in [0.15, 0.2) is 48.6 Å². The van der Waals surface area contributed by atoms with Crippen molar-refractivity contribution in [1.29, 1.82) is 0 Å². The molecule has 0 aromatic carbocycles. The van der Waals surface area contributed by atoms with Gasteiger partial charge in [-0.1, -0.05) is 63.3 Å². The Morgan fingerprint density at radius 1 is 0.955 bits per heavy atom. The zero-order valence-electron chi connectivity index (χ0n) is 14.6. The summed E-state index contributed by atoms with van der Waals surface area (Å²) in [4.78, 5) is 10.1. The van der Waals surface area contributed by atoms with Crippen molar-refractivity contribution in [2.45, 2.75) is 58.0 Å². The summed E-state index contributed by atoms with van der Waals surface area (Å²) in [5.74, 6) is 0. The Bertz CT molecular complexity index is 438. The van der Waals surface area contributed by atoms with E-state index in [9.17, 15) is 9.90 Å². The largest absolute Gasteiger partial charge is 0.408 e. The van der Waals surface area contributed by atoms with Crippen LogP contribution in [0.1, 0.15) is 27.7 Å². The Labute approximate surface area is 136 Å². The maximum Gasteiger partial charge on any atom is 0.193 e. The minimum atomic E-state index is -1.91. The molecule has 0 radical (unpaired) electrons. The number of aliphatic hydroxyl groups excluding tert-OH is 1. The predicted octanol–water partition coefficient (Wildman–Crippen LogP) is 4.18. The summed E-state index contributed by atoms with van der Waals surface area (Å²) < 4.78 is 6.22. The number of rotatable bonds is 8. The highest BCUT2D eigenvalue weighted by atomic mass is 28.4. The number of allylic oxidation sites excluding steroid dienone is 7. The molecule has 0 saturated heterocycles. The zero-order valence-corrected chi connectivity index (χ0v) is 15.6. The highest BCUT2D eigenvalue weighted by Gasteiger charge is 2.39. The van der Waals surface area contributed by atoms with Gasteiger partial charge in [0.05, 0.1) is 12.2 Å². The molecule has 3 nitrogen and oxygen atoms in total. The van der Waals surface area contributed by atoms with Crippen molar-refractivity contribution < 1.29 is 14.3 Å². The highest BCUT2D eigenvalue weighted by molar-refractivity contribution is 6.74. The molecule has 0 saturated carbocycles. The fourth-order valence-electron chi connectivity index (χ4n) is 1.36. The third-order valence-electron chi connectivity index (χ3n) is 3.76. The number of aliphatic hydroxyl groups is 1. The van der Waals surface area contributed by atoms with Crippen LogP contribution < -0.4 is 0 Å². The molecule has 4 heteroatoms. The molecular formula is C18H30O3Si. The summed E-state index contributed by atoms with van der Waals surface area (Å²) in [6.45, 7) is 12.6. The van der Waals surface area contributed by atoms with Crippen LogP contribution in [0.5, 0.6) is 0 Å². The average Bonchev–Trinajstić information content (AvgIpc) is 2.38. The second kappa shape index (κ2) is 9.72. The lowest BCUT2D eigenvalue weighted by molar-refractivity contribution is -0.104.